The molecule has 0 aliphatic carbocycles. The number of nitrogens with one attached hydrogen (secondary N) is 2. The van der Waals surface area contributed by atoms with Crippen LogP contribution in [0.1, 0.15) is 39.5 Å². The summed E-state index contributed by atoms with van der Waals surface area (Å²) in [6.07, 6.45) is 2.45. The highest BCUT2D eigenvalue weighted by Gasteiger charge is 2.27. The topological polar surface area (TPSA) is 87.2 Å². The van der Waals surface area contributed by atoms with Crippen LogP contribution in [0.4, 0.5) is 5.82 Å². The number of hydrogen-bond donors (Lipinski definition) is 2. The van der Waals surface area contributed by atoms with Crippen LogP contribution in [0.25, 0.3) is 10.2 Å². The van der Waals surface area contributed by atoms with E-state index < -0.39 is 0 Å². The Balaban J connectivity index is 1.68. The van der Waals surface area contributed by atoms with Gasteiger partial charge in [0.05, 0.1) is 22.8 Å². The zero-order chi connectivity index (χ0) is 19.7. The molecule has 3 aromatic heterocycles. The second-order valence-corrected chi connectivity index (χ2v) is 8.63. The summed E-state index contributed by atoms with van der Waals surface area (Å²) in [6.45, 7) is 5.16. The number of rotatable bonds is 5. The highest BCUT2D eigenvalue weighted by atomic mass is 32.1. The van der Waals surface area contributed by atoms with Gasteiger partial charge in [-0.1, -0.05) is 13.0 Å². The highest BCUT2D eigenvalue weighted by Crippen LogP contribution is 2.36. The third-order valence-corrected chi connectivity index (χ3v) is 7.03. The monoisotopic (exact) mass is 415 g/mol. The Bertz CT molecular complexity index is 1010. The van der Waals surface area contributed by atoms with Crippen molar-refractivity contribution in [1.82, 2.24) is 20.2 Å². The van der Waals surface area contributed by atoms with E-state index in [2.05, 4.69) is 39.0 Å². The highest BCUT2D eigenvalue weighted by molar-refractivity contribution is 7.20. The number of fused-ring (bicyclic) bond motifs is 1. The van der Waals surface area contributed by atoms with E-state index in [1.165, 1.54) is 22.5 Å². The normalized spacial score (nSPS) is 15.5. The summed E-state index contributed by atoms with van der Waals surface area (Å²) in [7, 11) is 0. The van der Waals surface area contributed by atoms with Gasteiger partial charge in [0, 0.05) is 18.0 Å². The van der Waals surface area contributed by atoms with Crippen molar-refractivity contribution < 1.29 is 9.59 Å². The number of carbonyl (C=O) groups excluding carboxylic acids is 2. The lowest BCUT2D eigenvalue weighted by Crippen LogP contribution is -2.49. The van der Waals surface area contributed by atoms with E-state index in [0.717, 1.165) is 28.0 Å². The van der Waals surface area contributed by atoms with E-state index in [1.54, 1.807) is 16.2 Å². The van der Waals surface area contributed by atoms with Gasteiger partial charge < -0.3 is 15.5 Å². The third-order valence-electron chi connectivity index (χ3n) is 4.85. The summed E-state index contributed by atoms with van der Waals surface area (Å²) in [5.41, 5.74) is 0.861. The van der Waals surface area contributed by atoms with E-state index in [9.17, 15) is 9.59 Å². The van der Waals surface area contributed by atoms with Gasteiger partial charge in [-0.15, -0.1) is 22.7 Å². The molecule has 0 aromatic carbocycles. The first-order valence-electron chi connectivity index (χ1n) is 9.18. The lowest BCUT2D eigenvalue weighted by molar-refractivity contribution is -0.123. The zero-order valence-electron chi connectivity index (χ0n) is 15.7. The molecule has 1 fully saturated rings. The summed E-state index contributed by atoms with van der Waals surface area (Å²) in [5, 5.41) is 9.23. The Morgan fingerprint density at radius 3 is 3.00 bits per heavy atom. The molecule has 4 rings (SSSR count). The quantitative estimate of drug-likeness (QED) is 0.668. The number of aromatic nitrogens is 2. The van der Waals surface area contributed by atoms with Crippen LogP contribution >= 0.6 is 22.7 Å². The van der Waals surface area contributed by atoms with Crippen LogP contribution in [0.15, 0.2) is 23.8 Å². The van der Waals surface area contributed by atoms with Crippen molar-refractivity contribution >= 4 is 50.5 Å². The fourth-order valence-corrected chi connectivity index (χ4v) is 5.35. The molecule has 1 unspecified atom stereocenters. The number of thiophene rings is 2. The minimum absolute atomic E-state index is 0.0968. The number of carbonyl (C=O) groups is 2. The van der Waals surface area contributed by atoms with E-state index in [4.69, 9.17) is 0 Å². The van der Waals surface area contributed by atoms with Crippen molar-refractivity contribution in [3.8, 4) is 0 Å². The molecule has 7 nitrogen and oxygen atoms in total. The first-order chi connectivity index (χ1) is 13.6. The third kappa shape index (κ3) is 3.47. The number of anilines is 1. The molecule has 1 atom stereocenters. The van der Waals surface area contributed by atoms with Crippen LogP contribution in [0.3, 0.4) is 0 Å². The molecule has 9 heteroatoms. The zero-order valence-corrected chi connectivity index (χ0v) is 17.3. The molecular weight excluding hydrogens is 394 g/mol. The maximum atomic E-state index is 13.0. The summed E-state index contributed by atoms with van der Waals surface area (Å²) >= 11 is 3.07. The molecule has 3 aromatic rings. The van der Waals surface area contributed by atoms with Crippen LogP contribution in [0.2, 0.25) is 0 Å². The summed E-state index contributed by atoms with van der Waals surface area (Å²) < 4.78 is 0. The average molecular weight is 416 g/mol. The summed E-state index contributed by atoms with van der Waals surface area (Å²) in [5.74, 6) is 0.503. The molecule has 1 saturated heterocycles. The molecule has 2 N–H and O–H groups in total. The van der Waals surface area contributed by atoms with Crippen molar-refractivity contribution in [1.29, 1.82) is 0 Å². The van der Waals surface area contributed by atoms with Gasteiger partial charge >= 0.3 is 0 Å². The van der Waals surface area contributed by atoms with Gasteiger partial charge in [-0.05, 0) is 30.4 Å². The molecule has 28 heavy (non-hydrogen) atoms. The smallest absolute Gasteiger partial charge is 0.264 e. The second-order valence-electron chi connectivity index (χ2n) is 6.66. The standard InChI is InChI=1S/C19H21N5O2S2/c1-3-12(13-5-4-8-27-13)23-17-15-11(2)16(28-18(15)22-10-21-17)19(26)24-7-6-20-14(25)9-24/h4-5,8,10,12H,3,6-7,9H2,1-2H3,(H,20,25)(H,21,22,23). The summed E-state index contributed by atoms with van der Waals surface area (Å²) in [6, 6.07) is 4.31. The van der Waals surface area contributed by atoms with Crippen LogP contribution in [-0.4, -0.2) is 46.3 Å². The number of piperazine rings is 1. The molecule has 1 aliphatic heterocycles. The molecule has 0 spiro atoms. The van der Waals surface area contributed by atoms with Gasteiger partial charge in [-0.2, -0.15) is 0 Å². The van der Waals surface area contributed by atoms with Gasteiger partial charge in [0.15, 0.2) is 0 Å². The van der Waals surface area contributed by atoms with E-state index in [1.807, 2.05) is 13.0 Å². The second kappa shape index (κ2) is 7.84. The number of aryl methyl sites for hydroxylation is 1. The molecular formula is C19H21N5O2S2. The van der Waals surface area contributed by atoms with Crippen molar-refractivity contribution in [2.45, 2.75) is 26.3 Å². The maximum absolute atomic E-state index is 13.0. The van der Waals surface area contributed by atoms with Gasteiger partial charge in [0.25, 0.3) is 5.91 Å². The Kier molecular flexibility index (Phi) is 5.27. The lowest BCUT2D eigenvalue weighted by Gasteiger charge is -2.26. The molecule has 0 bridgehead atoms. The van der Waals surface area contributed by atoms with E-state index >= 15 is 0 Å². The Labute approximate surface area is 170 Å². The predicted octanol–water partition coefficient (Wildman–Crippen LogP) is 3.20. The van der Waals surface area contributed by atoms with Crippen molar-refractivity contribution in [3.63, 3.8) is 0 Å². The van der Waals surface area contributed by atoms with Crippen LogP contribution in [0.5, 0.6) is 0 Å². The van der Waals surface area contributed by atoms with E-state index in [-0.39, 0.29) is 24.4 Å². The number of amides is 2. The molecule has 0 radical (unpaired) electrons. The summed E-state index contributed by atoms with van der Waals surface area (Å²) in [4.78, 5) is 37.7. The van der Waals surface area contributed by atoms with Gasteiger partial charge in [-0.25, -0.2) is 9.97 Å². The fourth-order valence-electron chi connectivity index (χ4n) is 3.37. The van der Waals surface area contributed by atoms with Crippen LogP contribution in [-0.2, 0) is 4.79 Å². The maximum Gasteiger partial charge on any atom is 0.264 e. The van der Waals surface area contributed by atoms with Gasteiger partial charge in [0.2, 0.25) is 5.91 Å². The van der Waals surface area contributed by atoms with Crippen molar-refractivity contribution in [2.75, 3.05) is 25.0 Å². The van der Waals surface area contributed by atoms with Gasteiger partial charge in [0.1, 0.15) is 17.0 Å². The average Bonchev–Trinajstić information content (AvgIpc) is 3.34. The molecule has 146 valence electrons. The number of hydrogen-bond acceptors (Lipinski definition) is 7. The van der Waals surface area contributed by atoms with Crippen LogP contribution in [0, 0.1) is 6.92 Å². The largest absolute Gasteiger partial charge is 0.362 e. The minimum atomic E-state index is -0.123. The Morgan fingerprint density at radius 2 is 2.29 bits per heavy atom. The molecule has 0 saturated carbocycles. The molecule has 2 amide bonds. The van der Waals surface area contributed by atoms with Crippen molar-refractivity contribution in [2.24, 2.45) is 0 Å². The van der Waals surface area contributed by atoms with Crippen molar-refractivity contribution in [3.05, 3.63) is 39.2 Å². The molecule has 4 heterocycles. The predicted molar refractivity (Wildman–Crippen MR) is 112 cm³/mol. The van der Waals surface area contributed by atoms with Crippen LogP contribution < -0.4 is 10.6 Å². The van der Waals surface area contributed by atoms with E-state index in [0.29, 0.717) is 18.0 Å². The number of nitrogens with zero attached hydrogens (tertiary/aromatic N) is 3. The Hall–Kier alpha value is -2.52. The first kappa shape index (κ1) is 18.8. The first-order valence-corrected chi connectivity index (χ1v) is 10.9. The fraction of sp³-hybridized carbons (Fsp3) is 0.368. The minimum Gasteiger partial charge on any atom is -0.362 e. The SMILES string of the molecule is CCC(Nc1ncnc2sc(C(=O)N3CCNC(=O)C3)c(C)c12)c1cccs1. The lowest BCUT2D eigenvalue weighted by atomic mass is 10.1. The van der Waals surface area contributed by atoms with Gasteiger partial charge in [-0.3, -0.25) is 9.59 Å². The Morgan fingerprint density at radius 1 is 1.43 bits per heavy atom. The molecule has 1 aliphatic rings.